The third-order valence-electron chi connectivity index (χ3n) is 2.35. The lowest BCUT2D eigenvalue weighted by atomic mass is 10.2. The van der Waals surface area contributed by atoms with Crippen molar-refractivity contribution in [3.05, 3.63) is 0 Å². The van der Waals surface area contributed by atoms with Gasteiger partial charge in [0.1, 0.15) is 0 Å². The van der Waals surface area contributed by atoms with E-state index in [4.69, 9.17) is 5.11 Å². The topological polar surface area (TPSA) is 61.4 Å². The molecule has 1 atom stereocenters. The summed E-state index contributed by atoms with van der Waals surface area (Å²) in [4.78, 5) is 11.2. The van der Waals surface area contributed by atoms with Crippen LogP contribution in [0.25, 0.3) is 0 Å². The maximum absolute atomic E-state index is 11.2. The van der Waals surface area contributed by atoms with Crippen LogP contribution in [0.2, 0.25) is 0 Å². The molecule has 1 fully saturated rings. The van der Waals surface area contributed by atoms with Crippen LogP contribution >= 0.6 is 0 Å². The van der Waals surface area contributed by atoms with Gasteiger partial charge < -0.3 is 15.7 Å². The highest BCUT2D eigenvalue weighted by Crippen LogP contribution is 2.28. The fourth-order valence-electron chi connectivity index (χ4n) is 1.18. The maximum Gasteiger partial charge on any atom is 0.223 e. The first-order valence-electron chi connectivity index (χ1n) is 5.33. The van der Waals surface area contributed by atoms with E-state index < -0.39 is 0 Å². The number of carbonyl (C=O) groups excluding carboxylic acids is 1. The Morgan fingerprint density at radius 2 is 2.21 bits per heavy atom. The molecule has 1 aliphatic rings. The predicted octanol–water partition coefficient (Wildman–Crippen LogP) is -0.269. The van der Waals surface area contributed by atoms with Crippen LogP contribution in [0.4, 0.5) is 0 Å². The Kier molecular flexibility index (Phi) is 4.90. The molecular weight excluding hydrogens is 180 g/mol. The lowest BCUT2D eigenvalue weighted by Crippen LogP contribution is -2.34. The molecular formula is C10H20N2O2. The molecule has 82 valence electrons. The summed E-state index contributed by atoms with van der Waals surface area (Å²) in [5.41, 5.74) is 0. The summed E-state index contributed by atoms with van der Waals surface area (Å²) in [6, 6.07) is 0. The Bertz CT molecular complexity index is 181. The van der Waals surface area contributed by atoms with Gasteiger partial charge in [-0.2, -0.15) is 0 Å². The smallest absolute Gasteiger partial charge is 0.223 e. The highest BCUT2D eigenvalue weighted by atomic mass is 16.3. The molecule has 0 aromatic rings. The first kappa shape index (κ1) is 11.5. The molecule has 4 heteroatoms. The molecule has 0 saturated heterocycles. The normalized spacial score (nSPS) is 17.9. The zero-order chi connectivity index (χ0) is 10.4. The second kappa shape index (κ2) is 5.98. The van der Waals surface area contributed by atoms with Crippen LogP contribution in [0.1, 0.15) is 19.8 Å². The number of hydrogen-bond donors (Lipinski definition) is 3. The van der Waals surface area contributed by atoms with Gasteiger partial charge in [-0.1, -0.05) is 6.92 Å². The molecule has 1 amide bonds. The number of aliphatic hydroxyl groups is 1. The van der Waals surface area contributed by atoms with Gasteiger partial charge in [0.05, 0.1) is 0 Å². The summed E-state index contributed by atoms with van der Waals surface area (Å²) >= 11 is 0. The highest BCUT2D eigenvalue weighted by Gasteiger charge is 2.28. The first-order valence-corrected chi connectivity index (χ1v) is 5.33. The second-order valence-corrected chi connectivity index (χ2v) is 4.06. The van der Waals surface area contributed by atoms with E-state index in [2.05, 4.69) is 10.6 Å². The number of rotatable bonds is 7. The molecule has 0 bridgehead atoms. The van der Waals surface area contributed by atoms with E-state index in [1.807, 2.05) is 6.92 Å². The van der Waals surface area contributed by atoms with Gasteiger partial charge in [0.15, 0.2) is 0 Å². The minimum Gasteiger partial charge on any atom is -0.396 e. The maximum atomic E-state index is 11.2. The molecule has 1 aliphatic carbocycles. The molecule has 0 spiro atoms. The van der Waals surface area contributed by atoms with Crippen LogP contribution in [0.3, 0.4) is 0 Å². The molecule has 14 heavy (non-hydrogen) atoms. The Labute approximate surface area is 85.1 Å². The summed E-state index contributed by atoms with van der Waals surface area (Å²) in [6.07, 6.45) is 2.11. The van der Waals surface area contributed by atoms with Crippen molar-refractivity contribution in [2.45, 2.75) is 19.8 Å². The minimum absolute atomic E-state index is 0.196. The van der Waals surface area contributed by atoms with E-state index in [9.17, 15) is 4.79 Å². The van der Waals surface area contributed by atoms with Crippen LogP contribution in [-0.2, 0) is 4.79 Å². The summed E-state index contributed by atoms with van der Waals surface area (Å²) in [6.45, 7) is 4.46. The fraction of sp³-hybridized carbons (Fsp3) is 0.900. The van der Waals surface area contributed by atoms with Crippen LogP contribution < -0.4 is 10.6 Å². The molecule has 0 aliphatic heterocycles. The number of amides is 1. The van der Waals surface area contributed by atoms with Gasteiger partial charge in [-0.25, -0.2) is 0 Å². The van der Waals surface area contributed by atoms with Crippen LogP contribution in [0.15, 0.2) is 0 Å². The van der Waals surface area contributed by atoms with Crippen molar-refractivity contribution in [1.29, 1.82) is 0 Å². The SMILES string of the molecule is CC(CO)CNCCNC(=O)C1CC1. The predicted molar refractivity (Wildman–Crippen MR) is 54.9 cm³/mol. The monoisotopic (exact) mass is 200 g/mol. The molecule has 0 aromatic heterocycles. The van der Waals surface area contributed by atoms with Gasteiger partial charge in [-0.05, 0) is 25.3 Å². The average molecular weight is 200 g/mol. The van der Waals surface area contributed by atoms with E-state index in [1.165, 1.54) is 0 Å². The third kappa shape index (κ3) is 4.58. The Balaban J connectivity index is 1.86. The minimum atomic E-state index is 0.196. The molecule has 1 rings (SSSR count). The van der Waals surface area contributed by atoms with E-state index in [0.29, 0.717) is 12.5 Å². The van der Waals surface area contributed by atoms with Gasteiger partial charge in [0, 0.05) is 25.6 Å². The summed E-state index contributed by atoms with van der Waals surface area (Å²) in [5.74, 6) is 0.780. The van der Waals surface area contributed by atoms with Gasteiger partial charge in [0.2, 0.25) is 5.91 Å². The number of carbonyl (C=O) groups is 1. The Morgan fingerprint density at radius 1 is 1.50 bits per heavy atom. The summed E-state index contributed by atoms with van der Waals surface area (Å²) in [7, 11) is 0. The third-order valence-corrected chi connectivity index (χ3v) is 2.35. The van der Waals surface area contributed by atoms with Crippen molar-refractivity contribution in [3.8, 4) is 0 Å². The van der Waals surface area contributed by atoms with Gasteiger partial charge in [0.25, 0.3) is 0 Å². The Morgan fingerprint density at radius 3 is 2.79 bits per heavy atom. The lowest BCUT2D eigenvalue weighted by Gasteiger charge is -2.09. The molecule has 0 aromatic carbocycles. The summed E-state index contributed by atoms with van der Waals surface area (Å²) < 4.78 is 0. The van der Waals surface area contributed by atoms with Crippen molar-refractivity contribution in [2.75, 3.05) is 26.2 Å². The number of nitrogens with one attached hydrogen (secondary N) is 2. The quantitative estimate of drug-likeness (QED) is 0.496. The molecule has 4 nitrogen and oxygen atoms in total. The molecule has 3 N–H and O–H groups in total. The zero-order valence-electron chi connectivity index (χ0n) is 8.75. The van der Waals surface area contributed by atoms with Crippen molar-refractivity contribution in [3.63, 3.8) is 0 Å². The van der Waals surface area contributed by atoms with Gasteiger partial charge in [-0.3, -0.25) is 4.79 Å². The van der Waals surface area contributed by atoms with Crippen molar-refractivity contribution >= 4 is 5.91 Å². The van der Waals surface area contributed by atoms with Crippen molar-refractivity contribution < 1.29 is 9.90 Å². The van der Waals surface area contributed by atoms with Crippen LogP contribution in [0, 0.1) is 11.8 Å². The van der Waals surface area contributed by atoms with Crippen LogP contribution in [-0.4, -0.2) is 37.3 Å². The Hall–Kier alpha value is -0.610. The average Bonchev–Trinajstić information content (AvgIpc) is 2.99. The van der Waals surface area contributed by atoms with Gasteiger partial charge >= 0.3 is 0 Å². The molecule has 0 heterocycles. The largest absolute Gasteiger partial charge is 0.396 e. The molecule has 1 saturated carbocycles. The van der Waals surface area contributed by atoms with Crippen LogP contribution in [0.5, 0.6) is 0 Å². The number of hydrogen-bond acceptors (Lipinski definition) is 3. The van der Waals surface area contributed by atoms with Crippen molar-refractivity contribution in [2.24, 2.45) is 11.8 Å². The highest BCUT2D eigenvalue weighted by molar-refractivity contribution is 5.80. The lowest BCUT2D eigenvalue weighted by molar-refractivity contribution is -0.122. The van der Waals surface area contributed by atoms with E-state index in [-0.39, 0.29) is 18.4 Å². The standard InChI is InChI=1S/C10H20N2O2/c1-8(7-13)6-11-4-5-12-10(14)9-2-3-9/h8-9,11,13H,2-7H2,1H3,(H,12,14). The summed E-state index contributed by atoms with van der Waals surface area (Å²) in [5, 5.41) is 14.8. The zero-order valence-corrected chi connectivity index (χ0v) is 8.75. The van der Waals surface area contributed by atoms with E-state index >= 15 is 0 Å². The first-order chi connectivity index (χ1) is 6.74. The molecule has 1 unspecified atom stereocenters. The fourth-order valence-corrected chi connectivity index (χ4v) is 1.18. The van der Waals surface area contributed by atoms with E-state index in [1.54, 1.807) is 0 Å². The van der Waals surface area contributed by atoms with Crippen molar-refractivity contribution in [1.82, 2.24) is 10.6 Å². The van der Waals surface area contributed by atoms with Gasteiger partial charge in [-0.15, -0.1) is 0 Å². The molecule has 0 radical (unpaired) electrons. The van der Waals surface area contributed by atoms with E-state index in [0.717, 1.165) is 25.9 Å². The number of aliphatic hydroxyl groups excluding tert-OH is 1. The second-order valence-electron chi connectivity index (χ2n) is 4.06.